The summed E-state index contributed by atoms with van der Waals surface area (Å²) < 4.78 is 34.8. The average Bonchev–Trinajstić information content (AvgIpc) is 2.73. The highest BCUT2D eigenvalue weighted by Crippen LogP contribution is 2.22. The van der Waals surface area contributed by atoms with Crippen molar-refractivity contribution in [2.75, 3.05) is 4.72 Å². The molecule has 2 heterocycles. The third-order valence-corrected chi connectivity index (χ3v) is 6.11. The lowest BCUT2D eigenvalue weighted by Gasteiger charge is -2.11. The minimum Gasteiger partial charge on any atom is -0.487 e. The summed E-state index contributed by atoms with van der Waals surface area (Å²) >= 11 is 5.82. The first-order chi connectivity index (χ1) is 14.8. The highest BCUT2D eigenvalue weighted by atomic mass is 35.5. The van der Waals surface area contributed by atoms with Crippen LogP contribution >= 0.6 is 11.6 Å². The van der Waals surface area contributed by atoms with Gasteiger partial charge in [0.1, 0.15) is 18.0 Å². The molecule has 0 spiro atoms. The summed E-state index contributed by atoms with van der Waals surface area (Å²) in [6, 6.07) is 17.5. The molecule has 4 aromatic rings. The van der Waals surface area contributed by atoms with Crippen molar-refractivity contribution in [1.82, 2.24) is 9.38 Å². The van der Waals surface area contributed by atoms with Crippen molar-refractivity contribution in [3.05, 3.63) is 99.6 Å². The third kappa shape index (κ3) is 4.87. The fourth-order valence-corrected chi connectivity index (χ4v) is 4.14. The van der Waals surface area contributed by atoms with Crippen LogP contribution in [0.2, 0.25) is 5.02 Å². The van der Waals surface area contributed by atoms with E-state index in [0.29, 0.717) is 27.8 Å². The Morgan fingerprint density at radius 2 is 1.84 bits per heavy atom. The Labute approximate surface area is 184 Å². The van der Waals surface area contributed by atoms with Gasteiger partial charge in [0.2, 0.25) is 0 Å². The Bertz CT molecular complexity index is 1420. The van der Waals surface area contributed by atoms with Gasteiger partial charge in [0.15, 0.2) is 0 Å². The molecule has 2 aromatic carbocycles. The van der Waals surface area contributed by atoms with Crippen LogP contribution in [0.5, 0.6) is 5.75 Å². The molecule has 0 aliphatic carbocycles. The molecular weight excluding hydrogens is 438 g/mol. The molecule has 0 fully saturated rings. The fraction of sp³-hybridized carbons (Fsp3) is 0.0909. The summed E-state index contributed by atoms with van der Waals surface area (Å²) in [6.07, 6.45) is 1.73. The largest absolute Gasteiger partial charge is 0.487 e. The molecule has 1 N–H and O–H groups in total. The van der Waals surface area contributed by atoms with E-state index in [1.165, 1.54) is 34.7 Å². The molecule has 0 saturated heterocycles. The van der Waals surface area contributed by atoms with Crippen molar-refractivity contribution in [3.8, 4) is 5.75 Å². The third-order valence-electron chi connectivity index (χ3n) is 4.46. The molecular formula is C22H18ClN3O4S. The van der Waals surface area contributed by atoms with Crippen LogP contribution < -0.4 is 15.0 Å². The average molecular weight is 456 g/mol. The Balaban J connectivity index is 1.50. The second-order valence-corrected chi connectivity index (χ2v) is 9.02. The SMILES string of the molecule is Cc1ccc2nc(COc3cccc(NS(=O)(=O)c4ccc(Cl)cc4)c3)cc(=O)n2c1. The van der Waals surface area contributed by atoms with Gasteiger partial charge in [0, 0.05) is 23.4 Å². The minimum atomic E-state index is -3.77. The van der Waals surface area contributed by atoms with Gasteiger partial charge in [-0.25, -0.2) is 13.4 Å². The second-order valence-electron chi connectivity index (χ2n) is 6.90. The maximum Gasteiger partial charge on any atom is 0.261 e. The number of halogens is 1. The number of nitrogens with one attached hydrogen (secondary N) is 1. The lowest BCUT2D eigenvalue weighted by atomic mass is 10.3. The van der Waals surface area contributed by atoms with Crippen LogP contribution in [-0.4, -0.2) is 17.8 Å². The van der Waals surface area contributed by atoms with Crippen LogP contribution in [0.15, 0.2) is 82.6 Å². The Morgan fingerprint density at radius 3 is 2.61 bits per heavy atom. The van der Waals surface area contributed by atoms with E-state index < -0.39 is 10.0 Å². The van der Waals surface area contributed by atoms with E-state index in [1.54, 1.807) is 36.5 Å². The number of anilines is 1. The van der Waals surface area contributed by atoms with E-state index in [0.717, 1.165) is 5.56 Å². The van der Waals surface area contributed by atoms with Crippen LogP contribution in [0.3, 0.4) is 0 Å². The van der Waals surface area contributed by atoms with Crippen molar-refractivity contribution >= 4 is 33.0 Å². The monoisotopic (exact) mass is 455 g/mol. The van der Waals surface area contributed by atoms with E-state index in [9.17, 15) is 13.2 Å². The van der Waals surface area contributed by atoms with E-state index in [4.69, 9.17) is 16.3 Å². The zero-order valence-corrected chi connectivity index (χ0v) is 18.0. The zero-order chi connectivity index (χ0) is 22.0. The van der Waals surface area contributed by atoms with Crippen molar-refractivity contribution < 1.29 is 13.2 Å². The number of ether oxygens (including phenoxy) is 1. The summed E-state index contributed by atoms with van der Waals surface area (Å²) in [6.45, 7) is 1.96. The van der Waals surface area contributed by atoms with Crippen molar-refractivity contribution in [2.45, 2.75) is 18.4 Å². The van der Waals surface area contributed by atoms with Crippen LogP contribution in [0, 0.1) is 6.92 Å². The highest BCUT2D eigenvalue weighted by Gasteiger charge is 2.14. The molecule has 9 heteroatoms. The van der Waals surface area contributed by atoms with Gasteiger partial charge >= 0.3 is 0 Å². The summed E-state index contributed by atoms with van der Waals surface area (Å²) in [4.78, 5) is 16.8. The lowest BCUT2D eigenvalue weighted by molar-refractivity contribution is 0.301. The zero-order valence-electron chi connectivity index (χ0n) is 16.4. The molecule has 7 nitrogen and oxygen atoms in total. The van der Waals surface area contributed by atoms with Crippen LogP contribution in [0.1, 0.15) is 11.3 Å². The smallest absolute Gasteiger partial charge is 0.261 e. The van der Waals surface area contributed by atoms with Crippen LogP contribution in [0.4, 0.5) is 5.69 Å². The maximum absolute atomic E-state index is 12.5. The fourth-order valence-electron chi connectivity index (χ4n) is 2.97. The number of benzene rings is 2. The van der Waals surface area contributed by atoms with Crippen LogP contribution in [-0.2, 0) is 16.6 Å². The minimum absolute atomic E-state index is 0.0625. The first-order valence-corrected chi connectivity index (χ1v) is 11.2. The molecule has 0 amide bonds. The van der Waals surface area contributed by atoms with Gasteiger partial charge in [-0.15, -0.1) is 0 Å². The molecule has 0 saturated carbocycles. The van der Waals surface area contributed by atoms with Gasteiger partial charge in [-0.3, -0.25) is 13.9 Å². The van der Waals surface area contributed by atoms with Gasteiger partial charge in [-0.1, -0.05) is 23.7 Å². The van der Waals surface area contributed by atoms with E-state index in [1.807, 2.05) is 13.0 Å². The van der Waals surface area contributed by atoms with Gasteiger partial charge in [-0.2, -0.15) is 0 Å². The molecule has 0 aliphatic heterocycles. The number of hydrogen-bond acceptors (Lipinski definition) is 5. The Kier molecular flexibility index (Phi) is 5.67. The second kappa shape index (κ2) is 8.41. The molecule has 2 aromatic heterocycles. The van der Waals surface area contributed by atoms with Crippen LogP contribution in [0.25, 0.3) is 5.65 Å². The summed E-state index contributed by atoms with van der Waals surface area (Å²) in [5, 5.41) is 0.450. The van der Waals surface area contributed by atoms with Gasteiger partial charge in [-0.05, 0) is 55.0 Å². The van der Waals surface area contributed by atoms with E-state index in [-0.39, 0.29) is 17.1 Å². The Hall–Kier alpha value is -3.36. The summed E-state index contributed by atoms with van der Waals surface area (Å²) in [7, 11) is -3.77. The van der Waals surface area contributed by atoms with Gasteiger partial charge < -0.3 is 4.74 Å². The number of hydrogen-bond donors (Lipinski definition) is 1. The molecule has 0 radical (unpaired) electrons. The standard InChI is InChI=1S/C22H18ClN3O4S/c1-15-5-10-21-24-18(12-22(27)26(21)13-15)14-30-19-4-2-3-17(11-19)25-31(28,29)20-8-6-16(23)7-9-20/h2-13,25H,14H2,1H3. The number of aromatic nitrogens is 2. The summed E-state index contributed by atoms with van der Waals surface area (Å²) in [5.41, 5.74) is 2.10. The van der Waals surface area contributed by atoms with Crippen molar-refractivity contribution in [2.24, 2.45) is 0 Å². The highest BCUT2D eigenvalue weighted by molar-refractivity contribution is 7.92. The molecule has 158 valence electrons. The first kappa shape index (κ1) is 20.9. The molecule has 0 bridgehead atoms. The first-order valence-electron chi connectivity index (χ1n) is 9.30. The van der Waals surface area contributed by atoms with Gasteiger partial charge in [0.05, 0.1) is 16.3 Å². The van der Waals surface area contributed by atoms with Gasteiger partial charge in [0.25, 0.3) is 15.6 Å². The molecule has 0 unspecified atom stereocenters. The van der Waals surface area contributed by atoms with Crippen molar-refractivity contribution in [3.63, 3.8) is 0 Å². The normalized spacial score (nSPS) is 11.4. The predicted molar refractivity (Wildman–Crippen MR) is 119 cm³/mol. The number of rotatable bonds is 6. The Morgan fingerprint density at radius 1 is 1.06 bits per heavy atom. The molecule has 4 rings (SSSR count). The lowest BCUT2D eigenvalue weighted by Crippen LogP contribution is -2.16. The quantitative estimate of drug-likeness (QED) is 0.474. The topological polar surface area (TPSA) is 89.8 Å². The number of sulfonamides is 1. The predicted octanol–water partition coefficient (Wildman–Crippen LogP) is 4.04. The molecule has 31 heavy (non-hydrogen) atoms. The number of aryl methyl sites for hydroxylation is 1. The number of nitrogens with zero attached hydrogens (tertiary/aromatic N) is 2. The maximum atomic E-state index is 12.5. The summed E-state index contributed by atoms with van der Waals surface area (Å²) in [5.74, 6) is 0.433. The number of fused-ring (bicyclic) bond motifs is 1. The van der Waals surface area contributed by atoms with Crippen molar-refractivity contribution in [1.29, 1.82) is 0 Å². The molecule has 0 atom stereocenters. The van der Waals surface area contributed by atoms with E-state index in [2.05, 4.69) is 9.71 Å². The molecule has 0 aliphatic rings. The number of pyridine rings is 1. The van der Waals surface area contributed by atoms with E-state index >= 15 is 0 Å².